The Morgan fingerprint density at radius 2 is 0.923 bits per heavy atom. The molecule has 4 nitrogen and oxygen atoms in total. The van der Waals surface area contributed by atoms with Gasteiger partial charge in [-0.25, -0.2) is 9.97 Å². The predicted octanol–water partition coefficient (Wildman–Crippen LogP) is 12.2. The van der Waals surface area contributed by atoms with E-state index in [4.69, 9.17) is 9.97 Å². The zero-order chi connectivity index (χ0) is 35.1. The molecule has 0 bridgehead atoms. The highest BCUT2D eigenvalue weighted by molar-refractivity contribution is 6.23. The zero-order valence-corrected chi connectivity index (χ0v) is 29.6. The molecule has 0 saturated heterocycles. The lowest BCUT2D eigenvalue weighted by molar-refractivity contribution is 0.886. The third kappa shape index (κ3) is 4.54. The second kappa shape index (κ2) is 11.5. The maximum Gasteiger partial charge on any atom is 0.106 e. The molecule has 0 unspecified atom stereocenters. The van der Waals surface area contributed by atoms with E-state index in [2.05, 4.69) is 183 Å². The van der Waals surface area contributed by atoms with Crippen LogP contribution in [0.4, 0.5) is 0 Å². The quantitative estimate of drug-likeness (QED) is 0.175. The van der Waals surface area contributed by atoms with E-state index in [-0.39, 0.29) is 0 Å². The molecule has 10 aromatic rings. The largest absolute Gasteiger partial charge is 0.331 e. The summed E-state index contributed by atoms with van der Waals surface area (Å²) in [5, 5.41) is 7.38. The van der Waals surface area contributed by atoms with Gasteiger partial charge in [0.25, 0.3) is 0 Å². The molecular formula is C48H36N4. The molecular weight excluding hydrogens is 633 g/mol. The first kappa shape index (κ1) is 30.3. The molecule has 8 aromatic carbocycles. The van der Waals surface area contributed by atoms with Crippen LogP contribution in [-0.2, 0) is 14.1 Å². The molecule has 52 heavy (non-hydrogen) atoms. The minimum atomic E-state index is 1.01. The van der Waals surface area contributed by atoms with E-state index >= 15 is 0 Å². The number of aromatic nitrogens is 4. The van der Waals surface area contributed by atoms with Crippen molar-refractivity contribution in [3.63, 3.8) is 0 Å². The van der Waals surface area contributed by atoms with E-state index in [1.54, 1.807) is 0 Å². The molecule has 0 amide bonds. The van der Waals surface area contributed by atoms with Gasteiger partial charge < -0.3 is 9.13 Å². The fourth-order valence-electron chi connectivity index (χ4n) is 8.29. The molecule has 0 N–H and O–H groups in total. The molecule has 0 radical (unpaired) electrons. The van der Waals surface area contributed by atoms with Gasteiger partial charge in [-0.15, -0.1) is 0 Å². The van der Waals surface area contributed by atoms with Crippen molar-refractivity contribution < 1.29 is 0 Å². The van der Waals surface area contributed by atoms with Crippen LogP contribution in [0.25, 0.3) is 98.9 Å². The van der Waals surface area contributed by atoms with Crippen molar-refractivity contribution in [1.29, 1.82) is 0 Å². The summed E-state index contributed by atoms with van der Waals surface area (Å²) in [7, 11) is 4.20. The number of nitrogens with zero attached hydrogens (tertiary/aromatic N) is 4. The first-order chi connectivity index (χ1) is 25.4. The summed E-state index contributed by atoms with van der Waals surface area (Å²) in [4.78, 5) is 9.61. The third-order valence-corrected chi connectivity index (χ3v) is 11.1. The average Bonchev–Trinajstić information content (AvgIpc) is 3.64. The predicted molar refractivity (Wildman–Crippen MR) is 219 cm³/mol. The molecule has 0 aliphatic carbocycles. The maximum absolute atomic E-state index is 4.80. The van der Waals surface area contributed by atoms with Crippen molar-refractivity contribution in [2.24, 2.45) is 14.1 Å². The van der Waals surface area contributed by atoms with Gasteiger partial charge in [-0.3, -0.25) is 0 Å². The van der Waals surface area contributed by atoms with Crippen molar-refractivity contribution in [3.8, 4) is 44.5 Å². The Bertz CT molecular complexity index is 2910. The fraction of sp³-hybridized carbons (Fsp3) is 0.0833. The maximum atomic E-state index is 4.80. The number of hydrogen-bond donors (Lipinski definition) is 0. The highest BCUT2D eigenvalue weighted by Crippen LogP contribution is 2.48. The summed E-state index contributed by atoms with van der Waals surface area (Å²) in [5.74, 6) is 2.01. The number of fused-ring (bicyclic) bond motifs is 5. The third-order valence-electron chi connectivity index (χ3n) is 11.1. The van der Waals surface area contributed by atoms with Gasteiger partial charge in [0.1, 0.15) is 11.6 Å². The molecule has 2 heterocycles. The smallest absolute Gasteiger partial charge is 0.106 e. The van der Waals surface area contributed by atoms with Gasteiger partial charge >= 0.3 is 0 Å². The second-order valence-corrected chi connectivity index (χ2v) is 14.0. The number of aryl methyl sites for hydroxylation is 4. The summed E-state index contributed by atoms with van der Waals surface area (Å²) in [6, 6.07) is 53.6. The van der Waals surface area contributed by atoms with Gasteiger partial charge in [-0.2, -0.15) is 0 Å². The van der Waals surface area contributed by atoms with E-state index in [0.29, 0.717) is 0 Å². The fourth-order valence-corrected chi connectivity index (χ4v) is 8.29. The Hall–Kier alpha value is -6.52. The van der Waals surface area contributed by atoms with Crippen LogP contribution in [0.1, 0.15) is 11.6 Å². The minimum absolute atomic E-state index is 1.01. The van der Waals surface area contributed by atoms with Crippen molar-refractivity contribution in [1.82, 2.24) is 19.1 Å². The van der Waals surface area contributed by atoms with Gasteiger partial charge in [-0.05, 0) is 121 Å². The Labute approximate surface area is 302 Å². The second-order valence-electron chi connectivity index (χ2n) is 14.0. The van der Waals surface area contributed by atoms with E-state index in [0.717, 1.165) is 33.7 Å². The molecule has 4 heteroatoms. The highest BCUT2D eigenvalue weighted by Gasteiger charge is 2.21. The summed E-state index contributed by atoms with van der Waals surface area (Å²) in [6.07, 6.45) is 0. The first-order valence-electron chi connectivity index (χ1n) is 17.9. The van der Waals surface area contributed by atoms with E-state index in [1.165, 1.54) is 76.8 Å². The average molecular weight is 669 g/mol. The lowest BCUT2D eigenvalue weighted by Gasteiger charge is -2.21. The zero-order valence-electron chi connectivity index (χ0n) is 29.6. The van der Waals surface area contributed by atoms with Crippen molar-refractivity contribution >= 4 is 54.4 Å². The van der Waals surface area contributed by atoms with E-state index in [9.17, 15) is 0 Å². The van der Waals surface area contributed by atoms with Crippen LogP contribution >= 0.6 is 0 Å². The summed E-state index contributed by atoms with van der Waals surface area (Å²) < 4.78 is 4.36. The van der Waals surface area contributed by atoms with Crippen LogP contribution in [0, 0.1) is 13.8 Å². The molecule has 0 aliphatic rings. The molecule has 0 saturated carbocycles. The highest BCUT2D eigenvalue weighted by atomic mass is 15.1. The molecule has 0 spiro atoms. The van der Waals surface area contributed by atoms with E-state index < -0.39 is 0 Å². The lowest BCUT2D eigenvalue weighted by Crippen LogP contribution is -1.94. The minimum Gasteiger partial charge on any atom is -0.331 e. The molecule has 0 fully saturated rings. The standard InChI is InChI=1S/C48H36N4/c1-29-49-43-24-21-33(26-45(43)51(29)3)35-16-10-18-39-41(35)28-42-36(34-22-25-44-46(27-34)52(4)30(2)50-44)17-11-19-40(42)48(39)47-37-15-9-8-14-32(37)20-23-38(47)31-12-6-5-7-13-31/h5-28H,1-4H3. The summed E-state index contributed by atoms with van der Waals surface area (Å²) in [6.45, 7) is 4.13. The Morgan fingerprint density at radius 1 is 0.385 bits per heavy atom. The van der Waals surface area contributed by atoms with Gasteiger partial charge in [0.2, 0.25) is 0 Å². The molecule has 0 aliphatic heterocycles. The first-order valence-corrected chi connectivity index (χ1v) is 17.9. The normalized spacial score (nSPS) is 11.8. The topological polar surface area (TPSA) is 35.6 Å². The molecule has 2 aromatic heterocycles. The monoisotopic (exact) mass is 668 g/mol. The van der Waals surface area contributed by atoms with Crippen molar-refractivity contribution in [3.05, 3.63) is 157 Å². The number of benzene rings is 8. The van der Waals surface area contributed by atoms with Crippen molar-refractivity contribution in [2.75, 3.05) is 0 Å². The van der Waals surface area contributed by atoms with Crippen LogP contribution in [0.3, 0.4) is 0 Å². The molecule has 10 rings (SSSR count). The number of imidazole rings is 2. The van der Waals surface area contributed by atoms with Crippen LogP contribution in [-0.4, -0.2) is 19.1 Å². The molecule has 0 atom stereocenters. The van der Waals surface area contributed by atoms with Crippen LogP contribution in [0.15, 0.2) is 146 Å². The Morgan fingerprint density at radius 3 is 1.52 bits per heavy atom. The van der Waals surface area contributed by atoms with Crippen LogP contribution in [0.5, 0.6) is 0 Å². The number of hydrogen-bond acceptors (Lipinski definition) is 2. The summed E-state index contributed by atoms with van der Waals surface area (Å²) >= 11 is 0. The van der Waals surface area contributed by atoms with Gasteiger partial charge in [0.15, 0.2) is 0 Å². The van der Waals surface area contributed by atoms with Gasteiger partial charge in [-0.1, -0.05) is 115 Å². The number of rotatable bonds is 4. The SMILES string of the molecule is Cc1nc2ccc(-c3cccc4c(-c5c(-c6ccccc6)ccc6ccccc56)c5cccc(-c6ccc7nc(C)n(C)c7c6)c5cc34)cc2n1C. The van der Waals surface area contributed by atoms with Gasteiger partial charge in [0, 0.05) is 14.1 Å². The Kier molecular flexibility index (Phi) is 6.71. The Balaban J connectivity index is 1.37. The van der Waals surface area contributed by atoms with Crippen LogP contribution in [0.2, 0.25) is 0 Å². The lowest BCUT2D eigenvalue weighted by atomic mass is 9.82. The van der Waals surface area contributed by atoms with Gasteiger partial charge in [0.05, 0.1) is 22.1 Å². The van der Waals surface area contributed by atoms with Crippen molar-refractivity contribution in [2.45, 2.75) is 13.8 Å². The van der Waals surface area contributed by atoms with E-state index in [1.807, 2.05) is 0 Å². The van der Waals surface area contributed by atoms with Crippen LogP contribution < -0.4 is 0 Å². The molecule has 248 valence electrons. The summed E-state index contributed by atoms with van der Waals surface area (Å²) in [5.41, 5.74) is 14.0.